The highest BCUT2D eigenvalue weighted by Gasteiger charge is 2.12. The largest absolute Gasteiger partial charge is 0.484 e. The second-order valence-corrected chi connectivity index (χ2v) is 5.96. The topological polar surface area (TPSA) is 87.0 Å². The molecule has 24 heavy (non-hydrogen) atoms. The Morgan fingerprint density at radius 2 is 1.88 bits per heavy atom. The summed E-state index contributed by atoms with van der Waals surface area (Å²) < 4.78 is 5.58. The number of aromatic amines is 2. The lowest BCUT2D eigenvalue weighted by Crippen LogP contribution is -2.20. The summed E-state index contributed by atoms with van der Waals surface area (Å²) >= 11 is 0. The van der Waals surface area contributed by atoms with E-state index in [-0.39, 0.29) is 18.2 Å². The average molecular weight is 323 g/mol. The molecule has 0 atom stereocenters. The number of carbonyl (C=O) groups is 1. The minimum atomic E-state index is -0.270. The number of anilines is 1. The molecule has 0 radical (unpaired) electrons. The van der Waals surface area contributed by atoms with Crippen LogP contribution in [0.5, 0.6) is 5.75 Å². The van der Waals surface area contributed by atoms with Crippen molar-refractivity contribution in [2.24, 2.45) is 0 Å². The Labute approximate surface area is 137 Å². The molecule has 1 amide bonds. The van der Waals surface area contributed by atoms with Crippen molar-refractivity contribution in [3.63, 3.8) is 0 Å². The zero-order valence-corrected chi connectivity index (χ0v) is 13.0. The van der Waals surface area contributed by atoms with Crippen LogP contribution in [0.4, 0.5) is 5.69 Å². The fourth-order valence-corrected chi connectivity index (χ4v) is 3.09. The zero-order chi connectivity index (χ0) is 16.5. The Bertz CT molecular complexity index is 971. The van der Waals surface area contributed by atoms with E-state index in [1.165, 1.54) is 17.5 Å². The number of amides is 1. The molecule has 4 rings (SSSR count). The SMILES string of the molecule is O=C(COc1ccc2c(c1)CCC2)Nc1ccc2[nH]c(=O)[nH]c2c1. The van der Waals surface area contributed by atoms with Gasteiger partial charge in [-0.1, -0.05) is 6.07 Å². The fraction of sp³-hybridized carbons (Fsp3) is 0.222. The fourth-order valence-electron chi connectivity index (χ4n) is 3.09. The standard InChI is InChI=1S/C18H17N3O3/c22-17(10-24-14-6-4-11-2-1-3-12(11)8-14)19-13-5-7-15-16(9-13)21-18(23)20-15/h4-9H,1-3,10H2,(H,19,22)(H2,20,21,23). The van der Waals surface area contributed by atoms with Crippen LogP contribution < -0.4 is 15.7 Å². The molecule has 0 bridgehead atoms. The van der Waals surface area contributed by atoms with Gasteiger partial charge < -0.3 is 20.0 Å². The second kappa shape index (κ2) is 5.88. The van der Waals surface area contributed by atoms with Crippen LogP contribution in [-0.2, 0) is 17.6 Å². The number of rotatable bonds is 4. The van der Waals surface area contributed by atoms with Gasteiger partial charge in [-0.2, -0.15) is 0 Å². The number of benzene rings is 2. The summed E-state index contributed by atoms with van der Waals surface area (Å²) in [6.07, 6.45) is 3.39. The summed E-state index contributed by atoms with van der Waals surface area (Å²) in [7, 11) is 0. The van der Waals surface area contributed by atoms with Gasteiger partial charge in [-0.3, -0.25) is 4.79 Å². The average Bonchev–Trinajstić information content (AvgIpc) is 3.17. The minimum absolute atomic E-state index is 0.0551. The van der Waals surface area contributed by atoms with E-state index in [9.17, 15) is 9.59 Å². The number of aryl methyl sites for hydroxylation is 2. The monoisotopic (exact) mass is 323 g/mol. The van der Waals surface area contributed by atoms with Crippen LogP contribution in [0.3, 0.4) is 0 Å². The van der Waals surface area contributed by atoms with Crippen molar-refractivity contribution >= 4 is 22.6 Å². The van der Waals surface area contributed by atoms with Gasteiger partial charge in [-0.05, 0) is 60.7 Å². The van der Waals surface area contributed by atoms with Crippen molar-refractivity contribution in [3.8, 4) is 5.75 Å². The van der Waals surface area contributed by atoms with Gasteiger partial charge in [0.15, 0.2) is 6.61 Å². The molecule has 0 spiro atoms. The number of fused-ring (bicyclic) bond motifs is 2. The minimum Gasteiger partial charge on any atom is -0.484 e. The Kier molecular flexibility index (Phi) is 3.57. The molecule has 0 fully saturated rings. The number of carbonyl (C=O) groups excluding carboxylic acids is 1. The Hall–Kier alpha value is -3.02. The highest BCUT2D eigenvalue weighted by molar-refractivity contribution is 5.93. The van der Waals surface area contributed by atoms with Gasteiger partial charge in [0.25, 0.3) is 5.91 Å². The number of nitrogens with one attached hydrogen (secondary N) is 3. The normalized spacial score (nSPS) is 13.0. The smallest absolute Gasteiger partial charge is 0.323 e. The molecule has 3 aromatic rings. The third-order valence-electron chi connectivity index (χ3n) is 4.24. The first-order valence-electron chi connectivity index (χ1n) is 7.94. The van der Waals surface area contributed by atoms with Crippen molar-refractivity contribution in [1.82, 2.24) is 9.97 Å². The van der Waals surface area contributed by atoms with Gasteiger partial charge in [-0.25, -0.2) is 4.79 Å². The molecule has 0 saturated carbocycles. The van der Waals surface area contributed by atoms with Crippen molar-refractivity contribution < 1.29 is 9.53 Å². The number of aromatic nitrogens is 2. The maximum Gasteiger partial charge on any atom is 0.323 e. The van der Waals surface area contributed by atoms with E-state index in [2.05, 4.69) is 21.4 Å². The van der Waals surface area contributed by atoms with Crippen LogP contribution >= 0.6 is 0 Å². The number of H-pyrrole nitrogens is 2. The molecule has 1 aliphatic carbocycles. The van der Waals surface area contributed by atoms with Crippen molar-refractivity contribution in [1.29, 1.82) is 0 Å². The highest BCUT2D eigenvalue weighted by atomic mass is 16.5. The zero-order valence-electron chi connectivity index (χ0n) is 13.0. The van der Waals surface area contributed by atoms with E-state index >= 15 is 0 Å². The lowest BCUT2D eigenvalue weighted by atomic mass is 10.1. The molecule has 3 N–H and O–H groups in total. The third-order valence-corrected chi connectivity index (χ3v) is 4.24. The van der Waals surface area contributed by atoms with Crippen LogP contribution in [0, 0.1) is 0 Å². The van der Waals surface area contributed by atoms with E-state index in [0.29, 0.717) is 16.7 Å². The van der Waals surface area contributed by atoms with Gasteiger partial charge in [0.05, 0.1) is 11.0 Å². The van der Waals surface area contributed by atoms with Crippen LogP contribution in [0.15, 0.2) is 41.2 Å². The van der Waals surface area contributed by atoms with E-state index < -0.39 is 0 Å². The van der Waals surface area contributed by atoms with Gasteiger partial charge in [0.2, 0.25) is 0 Å². The molecule has 2 aromatic carbocycles. The van der Waals surface area contributed by atoms with Gasteiger partial charge in [-0.15, -0.1) is 0 Å². The Balaban J connectivity index is 1.39. The summed E-state index contributed by atoms with van der Waals surface area (Å²) in [5, 5.41) is 2.77. The Morgan fingerprint density at radius 3 is 2.79 bits per heavy atom. The van der Waals surface area contributed by atoms with Crippen molar-refractivity contribution in [3.05, 3.63) is 58.0 Å². The Morgan fingerprint density at radius 1 is 1.04 bits per heavy atom. The number of ether oxygens (including phenoxy) is 1. The van der Waals surface area contributed by atoms with E-state index in [4.69, 9.17) is 4.74 Å². The van der Waals surface area contributed by atoms with E-state index in [1.54, 1.807) is 18.2 Å². The number of hydrogen-bond acceptors (Lipinski definition) is 3. The summed E-state index contributed by atoms with van der Waals surface area (Å²) in [5.74, 6) is 0.476. The molecular weight excluding hydrogens is 306 g/mol. The van der Waals surface area contributed by atoms with Gasteiger partial charge in [0, 0.05) is 5.69 Å². The summed E-state index contributed by atoms with van der Waals surface area (Å²) in [4.78, 5) is 28.6. The molecule has 0 unspecified atom stereocenters. The van der Waals surface area contributed by atoms with Crippen LogP contribution in [-0.4, -0.2) is 22.5 Å². The molecule has 122 valence electrons. The van der Waals surface area contributed by atoms with Crippen molar-refractivity contribution in [2.45, 2.75) is 19.3 Å². The lowest BCUT2D eigenvalue weighted by Gasteiger charge is -2.09. The molecule has 0 aliphatic heterocycles. The van der Waals surface area contributed by atoms with Crippen LogP contribution in [0.2, 0.25) is 0 Å². The maximum absolute atomic E-state index is 12.0. The summed E-state index contributed by atoms with van der Waals surface area (Å²) in [6.45, 7) is -0.0551. The molecule has 6 heteroatoms. The predicted molar refractivity (Wildman–Crippen MR) is 91.5 cm³/mol. The summed E-state index contributed by atoms with van der Waals surface area (Å²) in [6, 6.07) is 11.2. The first-order valence-corrected chi connectivity index (χ1v) is 7.94. The molecule has 1 aromatic heterocycles. The molecular formula is C18H17N3O3. The first-order chi connectivity index (χ1) is 11.7. The van der Waals surface area contributed by atoms with Crippen LogP contribution in [0.1, 0.15) is 17.5 Å². The highest BCUT2D eigenvalue weighted by Crippen LogP contribution is 2.26. The number of imidazole rings is 1. The van der Waals surface area contributed by atoms with Crippen LogP contribution in [0.25, 0.3) is 11.0 Å². The first kappa shape index (κ1) is 14.6. The third kappa shape index (κ3) is 2.90. The van der Waals surface area contributed by atoms with E-state index in [0.717, 1.165) is 18.6 Å². The maximum atomic E-state index is 12.0. The quantitative estimate of drug-likeness (QED) is 0.689. The van der Waals surface area contributed by atoms with Gasteiger partial charge >= 0.3 is 5.69 Å². The second-order valence-electron chi connectivity index (χ2n) is 5.96. The lowest BCUT2D eigenvalue weighted by molar-refractivity contribution is -0.118. The summed E-state index contributed by atoms with van der Waals surface area (Å²) in [5.41, 5.74) is 4.38. The molecule has 6 nitrogen and oxygen atoms in total. The number of hydrogen-bond donors (Lipinski definition) is 3. The predicted octanol–water partition coefficient (Wildman–Crippen LogP) is 2.36. The molecule has 0 saturated heterocycles. The van der Waals surface area contributed by atoms with Gasteiger partial charge in [0.1, 0.15) is 5.75 Å². The molecule has 1 heterocycles. The molecule has 1 aliphatic rings. The van der Waals surface area contributed by atoms with E-state index in [1.807, 2.05) is 12.1 Å². The van der Waals surface area contributed by atoms with Crippen molar-refractivity contribution in [2.75, 3.05) is 11.9 Å².